The lowest BCUT2D eigenvalue weighted by molar-refractivity contribution is -0.0870. The van der Waals surface area contributed by atoms with Crippen LogP contribution < -0.4 is 0 Å². The lowest BCUT2D eigenvalue weighted by atomic mass is 9.96. The Kier molecular flexibility index (Phi) is 2.57. The maximum absolute atomic E-state index is 13.5. The minimum Gasteiger partial charge on any atom is -0.388 e. The Morgan fingerprint density at radius 2 is 2.22 bits per heavy atom. The number of β-amino-alcohol motifs (C(OH)–C–C–N with tert-alkyl or cyclic N) is 1. The van der Waals surface area contributed by atoms with Gasteiger partial charge in [0.05, 0.1) is 11.1 Å². The average molecular weight is 246 g/mol. The average Bonchev–Trinajstić information content (AvgIpc) is 2.26. The zero-order valence-electron chi connectivity index (χ0n) is 10.2. The number of fused-ring (bicyclic) bond motifs is 1. The highest BCUT2D eigenvalue weighted by molar-refractivity contribution is 5.81. The maximum Gasteiger partial charge on any atom is 0.124 e. The van der Waals surface area contributed by atoms with Gasteiger partial charge in [-0.2, -0.15) is 0 Å². The summed E-state index contributed by atoms with van der Waals surface area (Å²) in [5, 5.41) is 10.5. The quantitative estimate of drug-likeness (QED) is 0.879. The summed E-state index contributed by atoms with van der Waals surface area (Å²) in [6.45, 7) is 3.68. The molecule has 3 rings (SSSR count). The maximum atomic E-state index is 13.5. The van der Waals surface area contributed by atoms with Crippen molar-refractivity contribution in [3.63, 3.8) is 0 Å². The third-order valence-corrected chi connectivity index (χ3v) is 3.27. The van der Waals surface area contributed by atoms with Gasteiger partial charge in [-0.3, -0.25) is 9.88 Å². The first-order valence-corrected chi connectivity index (χ1v) is 6.01. The fraction of sp³-hybridized carbons (Fsp3) is 0.357. The molecule has 0 amide bonds. The van der Waals surface area contributed by atoms with E-state index in [4.69, 9.17) is 0 Å². The number of benzene rings is 1. The normalized spacial score (nSPS) is 18.8. The van der Waals surface area contributed by atoms with Crippen LogP contribution in [0.5, 0.6) is 0 Å². The van der Waals surface area contributed by atoms with E-state index in [0.29, 0.717) is 19.6 Å². The number of nitrogens with zero attached hydrogens (tertiary/aromatic N) is 2. The van der Waals surface area contributed by atoms with E-state index in [1.54, 1.807) is 12.3 Å². The molecule has 4 heteroatoms. The van der Waals surface area contributed by atoms with Gasteiger partial charge < -0.3 is 5.11 Å². The Morgan fingerprint density at radius 3 is 2.94 bits per heavy atom. The van der Waals surface area contributed by atoms with Crippen LogP contribution in [0.15, 0.2) is 30.5 Å². The van der Waals surface area contributed by atoms with E-state index in [-0.39, 0.29) is 5.82 Å². The van der Waals surface area contributed by atoms with Crippen LogP contribution in [0.4, 0.5) is 4.39 Å². The lowest BCUT2D eigenvalue weighted by Gasteiger charge is -2.44. The molecule has 1 aliphatic rings. The number of pyridine rings is 1. The third kappa shape index (κ3) is 2.09. The Morgan fingerprint density at radius 1 is 1.44 bits per heavy atom. The minimum absolute atomic E-state index is 0.238. The molecule has 0 aliphatic carbocycles. The number of rotatable bonds is 2. The van der Waals surface area contributed by atoms with Crippen LogP contribution in [0.25, 0.3) is 10.9 Å². The van der Waals surface area contributed by atoms with Gasteiger partial charge >= 0.3 is 0 Å². The van der Waals surface area contributed by atoms with Crippen LogP contribution in [-0.4, -0.2) is 33.7 Å². The highest BCUT2D eigenvalue weighted by Crippen LogP contribution is 2.25. The summed E-state index contributed by atoms with van der Waals surface area (Å²) >= 11 is 0. The molecule has 0 bridgehead atoms. The molecule has 0 atom stereocenters. The predicted octanol–water partition coefficient (Wildman–Crippen LogP) is 1.94. The number of hydrogen-bond donors (Lipinski definition) is 1. The van der Waals surface area contributed by atoms with E-state index in [9.17, 15) is 9.50 Å². The first-order chi connectivity index (χ1) is 8.53. The van der Waals surface area contributed by atoms with Gasteiger partial charge in [0.2, 0.25) is 0 Å². The van der Waals surface area contributed by atoms with Crippen molar-refractivity contribution in [1.29, 1.82) is 0 Å². The highest BCUT2D eigenvalue weighted by Gasteiger charge is 2.36. The topological polar surface area (TPSA) is 36.4 Å². The minimum atomic E-state index is -0.601. The van der Waals surface area contributed by atoms with E-state index in [0.717, 1.165) is 16.5 Å². The fourth-order valence-electron chi connectivity index (χ4n) is 2.62. The third-order valence-electron chi connectivity index (χ3n) is 3.27. The second kappa shape index (κ2) is 4.00. The smallest absolute Gasteiger partial charge is 0.124 e. The van der Waals surface area contributed by atoms with E-state index >= 15 is 0 Å². The molecular formula is C14H15FN2O. The molecule has 0 spiro atoms. The molecule has 0 radical (unpaired) electrons. The van der Waals surface area contributed by atoms with Crippen LogP contribution in [0, 0.1) is 5.82 Å². The molecule has 1 saturated heterocycles. The van der Waals surface area contributed by atoms with Crippen molar-refractivity contribution in [2.24, 2.45) is 0 Å². The van der Waals surface area contributed by atoms with Crippen molar-refractivity contribution in [3.05, 3.63) is 41.8 Å². The zero-order valence-corrected chi connectivity index (χ0v) is 10.2. The molecule has 94 valence electrons. The number of hydrogen-bond acceptors (Lipinski definition) is 3. The summed E-state index contributed by atoms with van der Waals surface area (Å²) in [6.07, 6.45) is 1.72. The number of likely N-dealkylation sites (tertiary alicyclic amines) is 1. The molecule has 0 unspecified atom stereocenters. The monoisotopic (exact) mass is 246 g/mol. The fourth-order valence-corrected chi connectivity index (χ4v) is 2.62. The molecule has 3 nitrogen and oxygen atoms in total. The molecule has 1 aromatic heterocycles. The number of aromatic nitrogens is 1. The Labute approximate surface area is 105 Å². The zero-order chi connectivity index (χ0) is 12.8. The van der Waals surface area contributed by atoms with E-state index in [1.807, 2.05) is 13.0 Å². The van der Waals surface area contributed by atoms with Crippen LogP contribution >= 0.6 is 0 Å². The van der Waals surface area contributed by atoms with Crippen molar-refractivity contribution in [1.82, 2.24) is 9.88 Å². The molecule has 1 aromatic carbocycles. The Balaban J connectivity index is 1.92. The van der Waals surface area contributed by atoms with E-state index < -0.39 is 5.60 Å². The van der Waals surface area contributed by atoms with Crippen LogP contribution in [-0.2, 0) is 6.54 Å². The predicted molar refractivity (Wildman–Crippen MR) is 67.6 cm³/mol. The summed E-state index contributed by atoms with van der Waals surface area (Å²) in [5.41, 5.74) is 1.11. The van der Waals surface area contributed by atoms with E-state index in [2.05, 4.69) is 9.88 Å². The van der Waals surface area contributed by atoms with Crippen molar-refractivity contribution in [3.8, 4) is 0 Å². The first kappa shape index (κ1) is 11.6. The van der Waals surface area contributed by atoms with Gasteiger partial charge in [0, 0.05) is 31.2 Å². The van der Waals surface area contributed by atoms with Gasteiger partial charge in [-0.1, -0.05) is 6.07 Å². The SMILES string of the molecule is CC1(O)CN(Cc2cc(F)cc3cccnc23)C1. The highest BCUT2D eigenvalue weighted by atomic mass is 19.1. The summed E-state index contributed by atoms with van der Waals surface area (Å²) in [5.74, 6) is -0.238. The van der Waals surface area contributed by atoms with E-state index in [1.165, 1.54) is 12.1 Å². The van der Waals surface area contributed by atoms with Crippen LogP contribution in [0.2, 0.25) is 0 Å². The van der Waals surface area contributed by atoms with Crippen molar-refractivity contribution in [2.75, 3.05) is 13.1 Å². The molecule has 18 heavy (non-hydrogen) atoms. The second-order valence-corrected chi connectivity index (χ2v) is 5.28. The molecular weight excluding hydrogens is 231 g/mol. The van der Waals surface area contributed by atoms with Gasteiger partial charge in [0.1, 0.15) is 5.82 Å². The van der Waals surface area contributed by atoms with Crippen molar-refractivity contribution < 1.29 is 9.50 Å². The van der Waals surface area contributed by atoms with Gasteiger partial charge in [-0.15, -0.1) is 0 Å². The molecule has 0 saturated carbocycles. The second-order valence-electron chi connectivity index (χ2n) is 5.28. The molecule has 2 aromatic rings. The Hall–Kier alpha value is -1.52. The number of aliphatic hydroxyl groups is 1. The van der Waals surface area contributed by atoms with Gasteiger partial charge in [0.15, 0.2) is 0 Å². The first-order valence-electron chi connectivity index (χ1n) is 6.01. The molecule has 2 heterocycles. The summed E-state index contributed by atoms with van der Waals surface area (Å²) < 4.78 is 13.5. The van der Waals surface area contributed by atoms with Gasteiger partial charge in [0.25, 0.3) is 0 Å². The summed E-state index contributed by atoms with van der Waals surface area (Å²) in [7, 11) is 0. The Bertz CT molecular complexity index is 589. The number of halogens is 1. The van der Waals surface area contributed by atoms with Crippen LogP contribution in [0.3, 0.4) is 0 Å². The van der Waals surface area contributed by atoms with Crippen LogP contribution in [0.1, 0.15) is 12.5 Å². The van der Waals surface area contributed by atoms with Gasteiger partial charge in [-0.05, 0) is 30.7 Å². The van der Waals surface area contributed by atoms with Crippen molar-refractivity contribution in [2.45, 2.75) is 19.1 Å². The summed E-state index contributed by atoms with van der Waals surface area (Å²) in [4.78, 5) is 6.40. The standard InChI is InChI=1S/C14H15FN2O/c1-14(18)8-17(9-14)7-11-6-12(15)5-10-3-2-4-16-13(10)11/h2-6,18H,7-9H2,1H3. The molecule has 1 fully saturated rings. The van der Waals surface area contributed by atoms with Crippen molar-refractivity contribution >= 4 is 10.9 Å². The molecule has 1 aliphatic heterocycles. The lowest BCUT2D eigenvalue weighted by Crippen LogP contribution is -2.59. The molecule has 1 N–H and O–H groups in total. The largest absolute Gasteiger partial charge is 0.388 e. The van der Waals surface area contributed by atoms with Gasteiger partial charge in [-0.25, -0.2) is 4.39 Å². The summed E-state index contributed by atoms with van der Waals surface area (Å²) in [6, 6.07) is 6.70.